The van der Waals surface area contributed by atoms with E-state index in [1.807, 2.05) is 59.5 Å². The maximum absolute atomic E-state index is 12.9. The standard InChI is InChI=1S/C23H26N4O2S/c1-16(2)27-21(24-25-23(27)30)17-12-14-26(15-13-17)22(28)18-8-10-20(11-9-18)29-19-6-4-3-5-7-19/h3-11,16-17H,12-15H2,1-2H3,(H,25,30). The first-order chi connectivity index (χ1) is 14.5. The van der Waals surface area contributed by atoms with Gasteiger partial charge in [0, 0.05) is 30.6 Å². The highest BCUT2D eigenvalue weighted by Crippen LogP contribution is 2.29. The van der Waals surface area contributed by atoms with Crippen LogP contribution in [0.3, 0.4) is 0 Å². The summed E-state index contributed by atoms with van der Waals surface area (Å²) in [5, 5.41) is 7.38. The van der Waals surface area contributed by atoms with Gasteiger partial charge in [0.25, 0.3) is 5.91 Å². The molecule has 0 saturated carbocycles. The molecule has 1 saturated heterocycles. The topological polar surface area (TPSA) is 63.1 Å². The van der Waals surface area contributed by atoms with Gasteiger partial charge >= 0.3 is 0 Å². The Labute approximate surface area is 181 Å². The summed E-state index contributed by atoms with van der Waals surface area (Å²) in [7, 11) is 0. The third kappa shape index (κ3) is 4.31. The van der Waals surface area contributed by atoms with Crippen LogP contribution in [0.5, 0.6) is 11.5 Å². The van der Waals surface area contributed by atoms with Gasteiger partial charge in [0.2, 0.25) is 0 Å². The molecule has 3 aromatic rings. The van der Waals surface area contributed by atoms with E-state index in [0.29, 0.717) is 35.1 Å². The predicted octanol–water partition coefficient (Wildman–Crippen LogP) is 5.33. The minimum atomic E-state index is 0.0578. The van der Waals surface area contributed by atoms with Crippen molar-refractivity contribution in [3.63, 3.8) is 0 Å². The number of ether oxygens (including phenoxy) is 1. The summed E-state index contributed by atoms with van der Waals surface area (Å²) in [4.78, 5) is 14.9. The van der Waals surface area contributed by atoms with Crippen LogP contribution in [0.15, 0.2) is 54.6 Å². The molecule has 0 unspecified atom stereocenters. The summed E-state index contributed by atoms with van der Waals surface area (Å²) in [6, 6.07) is 17.2. The number of likely N-dealkylation sites (tertiary alicyclic amines) is 1. The molecule has 0 atom stereocenters. The predicted molar refractivity (Wildman–Crippen MR) is 119 cm³/mol. The molecule has 7 heteroatoms. The molecule has 156 valence electrons. The third-order valence-corrected chi connectivity index (χ3v) is 5.76. The molecule has 1 aliphatic heterocycles. The van der Waals surface area contributed by atoms with E-state index in [4.69, 9.17) is 17.0 Å². The van der Waals surface area contributed by atoms with Gasteiger partial charge in [-0.05, 0) is 75.3 Å². The van der Waals surface area contributed by atoms with Crippen molar-refractivity contribution in [2.24, 2.45) is 0 Å². The number of piperidine rings is 1. The highest BCUT2D eigenvalue weighted by Gasteiger charge is 2.28. The largest absolute Gasteiger partial charge is 0.457 e. The number of benzene rings is 2. The van der Waals surface area contributed by atoms with Crippen LogP contribution < -0.4 is 4.74 Å². The van der Waals surface area contributed by atoms with Crippen molar-refractivity contribution in [1.82, 2.24) is 19.7 Å². The molecule has 2 heterocycles. The number of hydrogen-bond donors (Lipinski definition) is 1. The first kappa shape index (κ1) is 20.3. The maximum atomic E-state index is 12.9. The van der Waals surface area contributed by atoms with Crippen molar-refractivity contribution >= 4 is 18.1 Å². The Morgan fingerprint density at radius 3 is 2.33 bits per heavy atom. The van der Waals surface area contributed by atoms with Crippen molar-refractivity contribution in [2.75, 3.05) is 13.1 Å². The van der Waals surface area contributed by atoms with Crippen molar-refractivity contribution in [3.05, 3.63) is 70.8 Å². The van der Waals surface area contributed by atoms with E-state index < -0.39 is 0 Å². The van der Waals surface area contributed by atoms with Crippen LogP contribution in [-0.4, -0.2) is 38.7 Å². The second-order valence-electron chi connectivity index (χ2n) is 7.86. The van der Waals surface area contributed by atoms with Crippen molar-refractivity contribution in [2.45, 2.75) is 38.6 Å². The summed E-state index contributed by atoms with van der Waals surface area (Å²) >= 11 is 5.37. The van der Waals surface area contributed by atoms with Gasteiger partial charge in [-0.25, -0.2) is 0 Å². The van der Waals surface area contributed by atoms with Gasteiger partial charge in [0.15, 0.2) is 4.77 Å². The average Bonchev–Trinajstić information content (AvgIpc) is 3.16. The lowest BCUT2D eigenvalue weighted by Gasteiger charge is -2.32. The van der Waals surface area contributed by atoms with Crippen molar-refractivity contribution in [1.29, 1.82) is 0 Å². The molecule has 1 fully saturated rings. The zero-order valence-electron chi connectivity index (χ0n) is 17.2. The van der Waals surface area contributed by atoms with E-state index in [9.17, 15) is 4.79 Å². The van der Waals surface area contributed by atoms with Gasteiger partial charge in [-0.1, -0.05) is 18.2 Å². The highest BCUT2D eigenvalue weighted by atomic mass is 32.1. The van der Waals surface area contributed by atoms with E-state index in [1.165, 1.54) is 0 Å². The summed E-state index contributed by atoms with van der Waals surface area (Å²) in [6.45, 7) is 5.64. The van der Waals surface area contributed by atoms with Crippen molar-refractivity contribution in [3.8, 4) is 11.5 Å². The second-order valence-corrected chi connectivity index (χ2v) is 8.24. The average molecular weight is 423 g/mol. The number of H-pyrrole nitrogens is 1. The molecule has 30 heavy (non-hydrogen) atoms. The Bertz CT molecular complexity index is 1050. The Balaban J connectivity index is 1.38. The Morgan fingerprint density at radius 1 is 1.07 bits per heavy atom. The van der Waals surface area contributed by atoms with E-state index in [2.05, 4.69) is 28.6 Å². The van der Waals surface area contributed by atoms with Crippen LogP contribution in [0, 0.1) is 4.77 Å². The van der Waals surface area contributed by atoms with Crippen LogP contribution >= 0.6 is 12.2 Å². The third-order valence-electron chi connectivity index (χ3n) is 5.48. The molecule has 0 radical (unpaired) electrons. The maximum Gasteiger partial charge on any atom is 0.253 e. The molecule has 6 nitrogen and oxygen atoms in total. The number of nitrogens with one attached hydrogen (secondary N) is 1. The molecular formula is C23H26N4O2S. The van der Waals surface area contributed by atoms with Gasteiger partial charge in [0.1, 0.15) is 17.3 Å². The molecule has 2 aromatic carbocycles. The summed E-state index contributed by atoms with van der Waals surface area (Å²) < 4.78 is 8.56. The van der Waals surface area contributed by atoms with Gasteiger partial charge < -0.3 is 14.2 Å². The lowest BCUT2D eigenvalue weighted by Crippen LogP contribution is -2.38. The fourth-order valence-corrected chi connectivity index (χ4v) is 4.27. The number of amides is 1. The van der Waals surface area contributed by atoms with E-state index in [0.717, 1.165) is 24.4 Å². The van der Waals surface area contributed by atoms with Gasteiger partial charge in [-0.3, -0.25) is 9.89 Å². The zero-order chi connectivity index (χ0) is 21.1. The molecule has 0 bridgehead atoms. The number of hydrogen-bond acceptors (Lipinski definition) is 4. The van der Waals surface area contributed by atoms with Crippen LogP contribution in [-0.2, 0) is 0 Å². The summed E-state index contributed by atoms with van der Waals surface area (Å²) in [5.41, 5.74) is 0.679. The minimum Gasteiger partial charge on any atom is -0.457 e. The lowest BCUT2D eigenvalue weighted by atomic mass is 9.95. The number of aromatic amines is 1. The molecule has 0 aliphatic carbocycles. The highest BCUT2D eigenvalue weighted by molar-refractivity contribution is 7.71. The van der Waals surface area contributed by atoms with Crippen LogP contribution in [0.1, 0.15) is 54.8 Å². The smallest absolute Gasteiger partial charge is 0.253 e. The molecule has 1 amide bonds. The summed E-state index contributed by atoms with van der Waals surface area (Å²) in [6.07, 6.45) is 1.76. The molecule has 4 rings (SSSR count). The van der Waals surface area contributed by atoms with Crippen molar-refractivity contribution < 1.29 is 9.53 Å². The Hall–Kier alpha value is -2.93. The number of para-hydroxylation sites is 1. The monoisotopic (exact) mass is 422 g/mol. The van der Waals surface area contributed by atoms with E-state index in [-0.39, 0.29) is 11.9 Å². The van der Waals surface area contributed by atoms with E-state index >= 15 is 0 Å². The molecule has 0 spiro atoms. The number of rotatable bonds is 5. The number of aromatic nitrogens is 3. The fraction of sp³-hybridized carbons (Fsp3) is 0.348. The first-order valence-electron chi connectivity index (χ1n) is 10.3. The molecule has 1 aliphatic rings. The quantitative estimate of drug-likeness (QED) is 0.564. The zero-order valence-corrected chi connectivity index (χ0v) is 18.1. The Morgan fingerprint density at radius 2 is 1.70 bits per heavy atom. The molecular weight excluding hydrogens is 396 g/mol. The molecule has 1 N–H and O–H groups in total. The fourth-order valence-electron chi connectivity index (χ4n) is 3.92. The van der Waals surface area contributed by atoms with Crippen LogP contribution in [0.4, 0.5) is 0 Å². The first-order valence-corrected chi connectivity index (χ1v) is 10.7. The second kappa shape index (κ2) is 8.83. The summed E-state index contributed by atoms with van der Waals surface area (Å²) in [5.74, 6) is 2.86. The van der Waals surface area contributed by atoms with E-state index in [1.54, 1.807) is 0 Å². The minimum absolute atomic E-state index is 0.0578. The van der Waals surface area contributed by atoms with Crippen LogP contribution in [0.2, 0.25) is 0 Å². The van der Waals surface area contributed by atoms with Gasteiger partial charge in [-0.2, -0.15) is 5.10 Å². The van der Waals surface area contributed by atoms with Gasteiger partial charge in [-0.15, -0.1) is 0 Å². The number of nitrogens with zero attached hydrogens (tertiary/aromatic N) is 3. The number of carbonyl (C=O) groups is 1. The van der Waals surface area contributed by atoms with Crippen LogP contribution in [0.25, 0.3) is 0 Å². The van der Waals surface area contributed by atoms with Gasteiger partial charge in [0.05, 0.1) is 0 Å². The normalized spacial score (nSPS) is 14.8. The Kier molecular flexibility index (Phi) is 5.99. The lowest BCUT2D eigenvalue weighted by molar-refractivity contribution is 0.0710. The molecule has 1 aromatic heterocycles. The SMILES string of the molecule is CC(C)n1c(C2CCN(C(=O)c3ccc(Oc4ccccc4)cc3)CC2)n[nH]c1=S. The number of carbonyl (C=O) groups excluding carboxylic acids is 1.